The molecule has 124 valence electrons. The third kappa shape index (κ3) is 2.15. The van der Waals surface area contributed by atoms with E-state index in [1.807, 2.05) is 12.1 Å². The average Bonchev–Trinajstić information content (AvgIpc) is 3.22. The van der Waals surface area contributed by atoms with Crippen LogP contribution in [0.3, 0.4) is 0 Å². The Morgan fingerprint density at radius 2 is 1.96 bits per heavy atom. The molecular weight excluding hydrogens is 324 g/mol. The molecule has 0 aliphatic carbocycles. The zero-order valence-corrected chi connectivity index (χ0v) is 14.0. The largest absolute Gasteiger partial charge is 0.439 e. The van der Waals surface area contributed by atoms with Gasteiger partial charge in [-0.3, -0.25) is 9.80 Å². The molecule has 1 atom stereocenters. The monoisotopic (exact) mass is 342 g/mol. The minimum atomic E-state index is -0.318. The second-order valence-electron chi connectivity index (χ2n) is 6.78. The molecule has 6 heterocycles. The van der Waals surface area contributed by atoms with Gasteiger partial charge in [0.15, 0.2) is 5.82 Å². The molecule has 4 fully saturated rings. The molecule has 0 unspecified atom stereocenters. The first-order chi connectivity index (χ1) is 11.7. The first-order valence-corrected chi connectivity index (χ1v) is 9.15. The van der Waals surface area contributed by atoms with Crippen LogP contribution >= 0.6 is 11.3 Å². The number of piperidine rings is 3. The summed E-state index contributed by atoms with van der Waals surface area (Å²) in [5, 5.41) is 0.913. The molecular formula is C17H18N4O2S. The third-order valence-corrected chi connectivity index (χ3v) is 6.51. The van der Waals surface area contributed by atoms with Gasteiger partial charge in [0.25, 0.3) is 0 Å². The minimum Gasteiger partial charge on any atom is -0.439 e. The van der Waals surface area contributed by atoms with Crippen molar-refractivity contribution in [2.45, 2.75) is 18.4 Å². The van der Waals surface area contributed by atoms with Crippen molar-refractivity contribution in [2.75, 3.05) is 31.1 Å². The van der Waals surface area contributed by atoms with Crippen LogP contribution in [0.5, 0.6) is 0 Å². The fourth-order valence-corrected chi connectivity index (χ4v) is 5.14. The van der Waals surface area contributed by atoms with Gasteiger partial charge < -0.3 is 4.74 Å². The smallest absolute Gasteiger partial charge is 0.415 e. The Bertz CT molecular complexity index is 772. The van der Waals surface area contributed by atoms with E-state index in [0.717, 1.165) is 42.4 Å². The van der Waals surface area contributed by atoms with Crippen LogP contribution in [-0.2, 0) is 4.74 Å². The number of aromatic nitrogens is 2. The molecule has 2 aromatic rings. The van der Waals surface area contributed by atoms with E-state index in [0.29, 0.717) is 18.3 Å². The van der Waals surface area contributed by atoms with E-state index in [1.54, 1.807) is 34.7 Å². The number of thiophene rings is 1. The lowest BCUT2D eigenvalue weighted by molar-refractivity contribution is -0.0881. The number of carbonyl (C=O) groups excluding carboxylic acids is 1. The third-order valence-electron chi connectivity index (χ3n) is 5.40. The van der Waals surface area contributed by atoms with E-state index in [4.69, 9.17) is 4.74 Å². The predicted molar refractivity (Wildman–Crippen MR) is 91.1 cm³/mol. The number of rotatable bonds is 2. The van der Waals surface area contributed by atoms with Crippen LogP contribution in [0, 0.1) is 5.92 Å². The lowest BCUT2D eigenvalue weighted by Gasteiger charge is -2.49. The highest BCUT2D eigenvalue weighted by Gasteiger charge is 2.55. The second kappa shape index (κ2) is 5.26. The number of anilines is 1. The highest BCUT2D eigenvalue weighted by Crippen LogP contribution is 2.44. The lowest BCUT2D eigenvalue weighted by Crippen LogP contribution is -2.61. The summed E-state index contributed by atoms with van der Waals surface area (Å²) in [6.45, 7) is 3.81. The summed E-state index contributed by atoms with van der Waals surface area (Å²) < 4.78 is 5.93. The molecule has 6 rings (SSSR count). The topological polar surface area (TPSA) is 58.6 Å². The summed E-state index contributed by atoms with van der Waals surface area (Å²) in [5.74, 6) is 1.19. The van der Waals surface area contributed by atoms with Crippen molar-refractivity contribution in [3.8, 4) is 10.7 Å². The van der Waals surface area contributed by atoms with Gasteiger partial charge in [-0.2, -0.15) is 0 Å². The number of hydrogen-bond acceptors (Lipinski definition) is 6. The molecule has 4 aliphatic heterocycles. The van der Waals surface area contributed by atoms with Gasteiger partial charge in [0.2, 0.25) is 0 Å². The first kappa shape index (κ1) is 14.4. The van der Waals surface area contributed by atoms with E-state index < -0.39 is 0 Å². The van der Waals surface area contributed by atoms with Crippen molar-refractivity contribution in [1.82, 2.24) is 14.9 Å². The molecule has 24 heavy (non-hydrogen) atoms. The van der Waals surface area contributed by atoms with Crippen LogP contribution in [0.25, 0.3) is 10.7 Å². The van der Waals surface area contributed by atoms with Crippen LogP contribution in [0.1, 0.15) is 12.8 Å². The van der Waals surface area contributed by atoms with Gasteiger partial charge in [-0.05, 0) is 44.1 Å². The van der Waals surface area contributed by atoms with E-state index in [2.05, 4.69) is 14.9 Å². The van der Waals surface area contributed by atoms with Gasteiger partial charge in [0, 0.05) is 24.9 Å². The van der Waals surface area contributed by atoms with Gasteiger partial charge in [0.05, 0.1) is 11.4 Å². The number of carbonyl (C=O) groups is 1. The highest BCUT2D eigenvalue weighted by atomic mass is 32.1. The maximum absolute atomic E-state index is 12.5. The maximum atomic E-state index is 12.5. The van der Waals surface area contributed by atoms with Crippen LogP contribution < -0.4 is 4.90 Å². The molecule has 0 saturated carbocycles. The van der Waals surface area contributed by atoms with E-state index in [-0.39, 0.29) is 11.7 Å². The maximum Gasteiger partial charge on any atom is 0.415 e. The van der Waals surface area contributed by atoms with Crippen molar-refractivity contribution in [3.63, 3.8) is 0 Å². The highest BCUT2D eigenvalue weighted by molar-refractivity contribution is 7.19. The van der Waals surface area contributed by atoms with Crippen molar-refractivity contribution in [3.05, 3.63) is 30.6 Å². The van der Waals surface area contributed by atoms with Gasteiger partial charge in [-0.15, -0.1) is 11.3 Å². The molecule has 2 aromatic heterocycles. The molecule has 0 N–H and O–H groups in total. The van der Waals surface area contributed by atoms with E-state index >= 15 is 0 Å². The summed E-state index contributed by atoms with van der Waals surface area (Å²) in [6.07, 6.45) is 5.51. The van der Waals surface area contributed by atoms with Gasteiger partial charge >= 0.3 is 6.09 Å². The summed E-state index contributed by atoms with van der Waals surface area (Å²) in [4.78, 5) is 26.3. The Balaban J connectivity index is 1.42. The normalized spacial score (nSPS) is 31.7. The minimum absolute atomic E-state index is 0.217. The standard InChI is InChI=1S/C17H18N4O2S/c22-16-21(11-17(23-16)10-20-8-4-12(17)5-9-20)14-3-2-13(24-14)15-18-6-1-7-19-15/h1-3,6-7,12H,4-5,8-11H2/t17-/m1/s1. The molecule has 4 saturated heterocycles. The van der Waals surface area contributed by atoms with Gasteiger partial charge in [-0.1, -0.05) is 0 Å². The lowest BCUT2D eigenvalue weighted by atomic mass is 9.75. The number of fused-ring (bicyclic) bond motifs is 2. The fourth-order valence-electron chi connectivity index (χ4n) is 4.20. The molecule has 0 aromatic carbocycles. The zero-order chi connectivity index (χ0) is 16.1. The summed E-state index contributed by atoms with van der Waals surface area (Å²) in [7, 11) is 0. The van der Waals surface area contributed by atoms with Crippen molar-refractivity contribution in [2.24, 2.45) is 5.92 Å². The average molecular weight is 342 g/mol. The van der Waals surface area contributed by atoms with Crippen LogP contribution in [0.15, 0.2) is 30.6 Å². The molecule has 7 heteroatoms. The number of amides is 1. The number of hydrogen-bond donors (Lipinski definition) is 0. The molecule has 2 bridgehead atoms. The van der Waals surface area contributed by atoms with E-state index in [9.17, 15) is 4.79 Å². The molecule has 0 radical (unpaired) electrons. The Hall–Kier alpha value is -1.99. The first-order valence-electron chi connectivity index (χ1n) is 8.34. The SMILES string of the molecule is O=C1O[C@]2(CN3CCC2CC3)CN1c1ccc(-c2ncccn2)s1. The Morgan fingerprint density at radius 3 is 2.67 bits per heavy atom. The quantitative estimate of drug-likeness (QED) is 0.840. The van der Waals surface area contributed by atoms with Crippen LogP contribution in [-0.4, -0.2) is 52.7 Å². The van der Waals surface area contributed by atoms with Crippen LogP contribution in [0.2, 0.25) is 0 Å². The molecule has 1 amide bonds. The molecule has 1 spiro atoms. The zero-order valence-electron chi connectivity index (χ0n) is 13.2. The predicted octanol–water partition coefficient (Wildman–Crippen LogP) is 2.63. The Morgan fingerprint density at radius 1 is 1.17 bits per heavy atom. The molecule has 6 nitrogen and oxygen atoms in total. The fraction of sp³-hybridized carbons (Fsp3) is 0.471. The van der Waals surface area contributed by atoms with E-state index in [1.165, 1.54) is 0 Å². The van der Waals surface area contributed by atoms with Crippen molar-refractivity contribution in [1.29, 1.82) is 0 Å². The molecule has 4 aliphatic rings. The van der Waals surface area contributed by atoms with Crippen molar-refractivity contribution < 1.29 is 9.53 Å². The van der Waals surface area contributed by atoms with Crippen LogP contribution in [0.4, 0.5) is 9.80 Å². The van der Waals surface area contributed by atoms with Crippen molar-refractivity contribution >= 4 is 22.4 Å². The second-order valence-corrected chi connectivity index (χ2v) is 7.84. The Kier molecular flexibility index (Phi) is 3.14. The summed E-state index contributed by atoms with van der Waals surface area (Å²) in [6, 6.07) is 5.75. The number of ether oxygens (including phenoxy) is 1. The Labute approximate surface area is 144 Å². The number of nitrogens with zero attached hydrogens (tertiary/aromatic N) is 4. The summed E-state index contributed by atoms with van der Waals surface area (Å²) in [5.41, 5.74) is -0.318. The van der Waals surface area contributed by atoms with Gasteiger partial charge in [-0.25, -0.2) is 14.8 Å². The van der Waals surface area contributed by atoms with Gasteiger partial charge in [0.1, 0.15) is 10.6 Å². The summed E-state index contributed by atoms with van der Waals surface area (Å²) >= 11 is 1.54.